The second-order valence-electron chi connectivity index (χ2n) is 6.26. The summed E-state index contributed by atoms with van der Waals surface area (Å²) >= 11 is 0. The highest BCUT2D eigenvalue weighted by atomic mass is 16.5. The molecule has 1 aliphatic heterocycles. The molecule has 1 fully saturated rings. The minimum atomic E-state index is -0.108. The van der Waals surface area contributed by atoms with Crippen LogP contribution in [0.15, 0.2) is 53.3 Å². The Morgan fingerprint density at radius 1 is 1.12 bits per heavy atom. The number of nitrogens with zero attached hydrogens (tertiary/aromatic N) is 1. The van der Waals surface area contributed by atoms with E-state index in [9.17, 15) is 4.79 Å². The Kier molecular flexibility index (Phi) is 4.09. The Hall–Kier alpha value is -2.53. The molecule has 1 saturated heterocycles. The number of rotatable bonds is 5. The van der Waals surface area contributed by atoms with E-state index in [-0.39, 0.29) is 5.69 Å². The maximum absolute atomic E-state index is 12.4. The van der Waals surface area contributed by atoms with E-state index in [1.807, 2.05) is 48.5 Å². The molecule has 3 aromatic rings. The first kappa shape index (κ1) is 15.0. The highest BCUT2D eigenvalue weighted by Gasteiger charge is 2.16. The first-order valence-corrected chi connectivity index (χ1v) is 8.43. The van der Waals surface area contributed by atoms with E-state index in [2.05, 4.69) is 10.3 Å². The number of aromatic nitrogens is 2. The maximum Gasteiger partial charge on any atom is 0.326 e. The van der Waals surface area contributed by atoms with Crippen LogP contribution in [-0.4, -0.2) is 28.7 Å². The fourth-order valence-electron chi connectivity index (χ4n) is 3.29. The van der Waals surface area contributed by atoms with Crippen molar-refractivity contribution in [1.82, 2.24) is 14.9 Å². The van der Waals surface area contributed by atoms with E-state index in [0.717, 1.165) is 35.3 Å². The third-order valence-corrected chi connectivity index (χ3v) is 4.56. The Morgan fingerprint density at radius 2 is 2.00 bits per heavy atom. The Bertz CT molecular complexity index is 877. The van der Waals surface area contributed by atoms with Gasteiger partial charge in [-0.2, -0.15) is 0 Å². The van der Waals surface area contributed by atoms with Crippen molar-refractivity contribution in [3.05, 3.63) is 64.6 Å². The number of nitrogens with one attached hydrogen (secondary N) is 2. The SMILES string of the molecule is O=c1[nH]c2c(OC[C@H]3CCCN3)cccc2n1Cc1ccccc1. The summed E-state index contributed by atoms with van der Waals surface area (Å²) in [6.45, 7) is 2.24. The van der Waals surface area contributed by atoms with Crippen LogP contribution in [0, 0.1) is 0 Å². The average molecular weight is 323 g/mol. The summed E-state index contributed by atoms with van der Waals surface area (Å²) in [5.74, 6) is 0.741. The lowest BCUT2D eigenvalue weighted by atomic mass is 10.2. The number of imidazole rings is 1. The highest BCUT2D eigenvalue weighted by Crippen LogP contribution is 2.24. The van der Waals surface area contributed by atoms with E-state index >= 15 is 0 Å². The first-order valence-electron chi connectivity index (χ1n) is 8.43. The number of H-pyrrole nitrogens is 1. The van der Waals surface area contributed by atoms with E-state index in [1.165, 1.54) is 6.42 Å². The molecular formula is C19H21N3O2. The fourth-order valence-corrected chi connectivity index (χ4v) is 3.29. The van der Waals surface area contributed by atoms with Gasteiger partial charge in [0, 0.05) is 6.04 Å². The van der Waals surface area contributed by atoms with Crippen LogP contribution in [0.2, 0.25) is 0 Å². The van der Waals surface area contributed by atoms with Crippen molar-refractivity contribution < 1.29 is 4.74 Å². The summed E-state index contributed by atoms with van der Waals surface area (Å²) in [5.41, 5.74) is 2.64. The van der Waals surface area contributed by atoms with E-state index < -0.39 is 0 Å². The lowest BCUT2D eigenvalue weighted by Crippen LogP contribution is -2.28. The Labute approximate surface area is 140 Å². The van der Waals surface area contributed by atoms with Crippen LogP contribution in [-0.2, 0) is 6.54 Å². The van der Waals surface area contributed by atoms with Crippen molar-refractivity contribution in [1.29, 1.82) is 0 Å². The molecule has 2 heterocycles. The third-order valence-electron chi connectivity index (χ3n) is 4.56. The third kappa shape index (κ3) is 2.95. The predicted octanol–water partition coefficient (Wildman–Crippen LogP) is 2.51. The number of benzene rings is 2. The molecule has 124 valence electrons. The molecule has 5 heteroatoms. The van der Waals surface area contributed by atoms with Crippen molar-refractivity contribution in [2.45, 2.75) is 25.4 Å². The van der Waals surface area contributed by atoms with E-state index in [1.54, 1.807) is 4.57 Å². The lowest BCUT2D eigenvalue weighted by Gasteiger charge is -2.12. The molecule has 0 amide bonds. The van der Waals surface area contributed by atoms with Gasteiger partial charge in [0.1, 0.15) is 17.9 Å². The lowest BCUT2D eigenvalue weighted by molar-refractivity contribution is 0.280. The standard InChI is InChI=1S/C19H21N3O2/c23-19-21-18-16(22(19)12-14-6-2-1-3-7-14)9-4-10-17(18)24-13-15-8-5-11-20-15/h1-4,6-7,9-10,15,20H,5,8,11-13H2,(H,21,23)/t15-/m1/s1. The predicted molar refractivity (Wildman–Crippen MR) is 94.6 cm³/mol. The summed E-state index contributed by atoms with van der Waals surface area (Å²) in [4.78, 5) is 15.3. The molecule has 0 aliphatic carbocycles. The van der Waals surface area contributed by atoms with Crippen molar-refractivity contribution >= 4 is 11.0 Å². The van der Waals surface area contributed by atoms with Crippen molar-refractivity contribution in [3.8, 4) is 5.75 Å². The van der Waals surface area contributed by atoms with Crippen molar-refractivity contribution in [2.75, 3.05) is 13.2 Å². The second-order valence-corrected chi connectivity index (χ2v) is 6.26. The van der Waals surface area contributed by atoms with Crippen molar-refractivity contribution in [2.24, 2.45) is 0 Å². The molecule has 2 aromatic carbocycles. The number of hydrogen-bond donors (Lipinski definition) is 2. The normalized spacial score (nSPS) is 17.4. The van der Waals surface area contributed by atoms with Gasteiger partial charge in [-0.05, 0) is 37.1 Å². The minimum Gasteiger partial charge on any atom is -0.490 e. The molecule has 24 heavy (non-hydrogen) atoms. The Morgan fingerprint density at radius 3 is 2.79 bits per heavy atom. The monoisotopic (exact) mass is 323 g/mol. The number of ether oxygens (including phenoxy) is 1. The van der Waals surface area contributed by atoms with Gasteiger partial charge in [0.25, 0.3) is 0 Å². The minimum absolute atomic E-state index is 0.108. The van der Waals surface area contributed by atoms with Crippen LogP contribution >= 0.6 is 0 Å². The van der Waals surface area contributed by atoms with Crippen molar-refractivity contribution in [3.63, 3.8) is 0 Å². The molecule has 0 unspecified atom stereocenters. The maximum atomic E-state index is 12.4. The molecule has 0 bridgehead atoms. The molecule has 5 nitrogen and oxygen atoms in total. The first-order chi connectivity index (χ1) is 11.8. The molecule has 1 aromatic heterocycles. The quantitative estimate of drug-likeness (QED) is 0.758. The van der Waals surface area contributed by atoms with Crippen LogP contribution < -0.4 is 15.7 Å². The zero-order valence-electron chi connectivity index (χ0n) is 13.5. The van der Waals surface area contributed by atoms with Crippen LogP contribution in [0.4, 0.5) is 0 Å². The van der Waals surface area contributed by atoms with Gasteiger partial charge in [-0.25, -0.2) is 4.79 Å². The smallest absolute Gasteiger partial charge is 0.326 e. The number of aromatic amines is 1. The van der Waals surface area contributed by atoms with Gasteiger partial charge >= 0.3 is 5.69 Å². The summed E-state index contributed by atoms with van der Waals surface area (Å²) in [5, 5.41) is 3.42. The largest absolute Gasteiger partial charge is 0.490 e. The molecule has 0 saturated carbocycles. The van der Waals surface area contributed by atoms with Gasteiger partial charge in [-0.3, -0.25) is 4.57 Å². The summed E-state index contributed by atoms with van der Waals surface area (Å²) in [7, 11) is 0. The van der Waals surface area contributed by atoms with Gasteiger partial charge in [0.05, 0.1) is 12.1 Å². The Balaban J connectivity index is 1.63. The summed E-state index contributed by atoms with van der Waals surface area (Å²) < 4.78 is 7.73. The summed E-state index contributed by atoms with van der Waals surface area (Å²) in [6.07, 6.45) is 2.34. The van der Waals surface area contributed by atoms with E-state index in [4.69, 9.17) is 4.74 Å². The van der Waals surface area contributed by atoms with E-state index in [0.29, 0.717) is 19.2 Å². The molecule has 0 spiro atoms. The van der Waals surface area contributed by atoms with Crippen LogP contribution in [0.5, 0.6) is 5.75 Å². The van der Waals surface area contributed by atoms with Gasteiger partial charge < -0.3 is 15.0 Å². The zero-order chi connectivity index (χ0) is 16.4. The van der Waals surface area contributed by atoms with Gasteiger partial charge in [-0.1, -0.05) is 36.4 Å². The summed E-state index contributed by atoms with van der Waals surface area (Å²) in [6, 6.07) is 16.2. The fraction of sp³-hybridized carbons (Fsp3) is 0.316. The molecule has 1 atom stereocenters. The van der Waals surface area contributed by atoms with Gasteiger partial charge in [0.2, 0.25) is 0 Å². The van der Waals surface area contributed by atoms with Crippen LogP contribution in [0.25, 0.3) is 11.0 Å². The number of para-hydroxylation sites is 1. The highest BCUT2D eigenvalue weighted by molar-refractivity contribution is 5.82. The average Bonchev–Trinajstić information content (AvgIpc) is 3.23. The molecule has 0 radical (unpaired) electrons. The van der Waals surface area contributed by atoms with Gasteiger partial charge in [-0.15, -0.1) is 0 Å². The molecule has 2 N–H and O–H groups in total. The second kappa shape index (κ2) is 6.53. The molecular weight excluding hydrogens is 302 g/mol. The van der Waals surface area contributed by atoms with Crippen LogP contribution in [0.1, 0.15) is 18.4 Å². The zero-order valence-corrected chi connectivity index (χ0v) is 13.5. The molecule has 1 aliphatic rings. The topological polar surface area (TPSA) is 59.1 Å². The number of fused-ring (bicyclic) bond motifs is 1. The van der Waals surface area contributed by atoms with Gasteiger partial charge in [0.15, 0.2) is 0 Å². The van der Waals surface area contributed by atoms with Crippen LogP contribution in [0.3, 0.4) is 0 Å². The number of hydrogen-bond acceptors (Lipinski definition) is 3. The molecule has 4 rings (SSSR count).